The summed E-state index contributed by atoms with van der Waals surface area (Å²) in [6, 6.07) is 13.0. The quantitative estimate of drug-likeness (QED) is 0.714. The second kappa shape index (κ2) is 4.33. The van der Waals surface area contributed by atoms with Gasteiger partial charge in [0.25, 0.3) is 0 Å². The average molecular weight is 238 g/mol. The molecule has 88 valence electrons. The molecule has 3 aromatic rings. The summed E-state index contributed by atoms with van der Waals surface area (Å²) >= 11 is 0. The van der Waals surface area contributed by atoms with Gasteiger partial charge in [0.1, 0.15) is 5.69 Å². The number of aromatic nitrogens is 2. The maximum absolute atomic E-state index is 12.2. The molecule has 1 N–H and O–H groups in total. The van der Waals surface area contributed by atoms with Crippen molar-refractivity contribution in [2.24, 2.45) is 0 Å². The predicted molar refractivity (Wildman–Crippen MR) is 66.2 cm³/mol. The lowest BCUT2D eigenvalue weighted by Gasteiger charge is -2.00. The Labute approximate surface area is 103 Å². The second-order valence-corrected chi connectivity index (χ2v) is 3.83. The van der Waals surface area contributed by atoms with Crippen molar-refractivity contribution in [1.82, 2.24) is 10.2 Å². The standard InChI is InChI=1S/C14H10N2O2/c17-14(12-7-4-8-18-12)13-11(9-15-16-13)10-5-2-1-3-6-10/h1-9H,(H,15,16). The van der Waals surface area contributed by atoms with Crippen molar-refractivity contribution < 1.29 is 9.21 Å². The Hall–Kier alpha value is -2.62. The van der Waals surface area contributed by atoms with Gasteiger partial charge in [0.05, 0.1) is 12.5 Å². The summed E-state index contributed by atoms with van der Waals surface area (Å²) in [6.45, 7) is 0. The Balaban J connectivity index is 2.05. The third-order valence-electron chi connectivity index (χ3n) is 2.70. The molecule has 0 fully saturated rings. The van der Waals surface area contributed by atoms with Gasteiger partial charge in [-0.1, -0.05) is 30.3 Å². The van der Waals surface area contributed by atoms with Gasteiger partial charge in [-0.2, -0.15) is 5.10 Å². The molecule has 0 spiro atoms. The molecule has 0 aliphatic heterocycles. The lowest BCUT2D eigenvalue weighted by Crippen LogP contribution is -2.02. The molecular formula is C14H10N2O2. The largest absolute Gasteiger partial charge is 0.461 e. The van der Waals surface area contributed by atoms with E-state index in [-0.39, 0.29) is 5.78 Å². The first-order chi connectivity index (χ1) is 8.86. The lowest BCUT2D eigenvalue weighted by atomic mass is 10.0. The molecular weight excluding hydrogens is 228 g/mol. The summed E-state index contributed by atoms with van der Waals surface area (Å²) in [4.78, 5) is 12.2. The van der Waals surface area contributed by atoms with Crippen LogP contribution in [0.5, 0.6) is 0 Å². The minimum Gasteiger partial charge on any atom is -0.461 e. The fraction of sp³-hybridized carbons (Fsp3) is 0. The minimum atomic E-state index is -0.198. The van der Waals surface area contributed by atoms with Crippen molar-refractivity contribution in [2.75, 3.05) is 0 Å². The van der Waals surface area contributed by atoms with Crippen LogP contribution in [0.15, 0.2) is 59.3 Å². The molecule has 0 saturated heterocycles. The zero-order valence-electron chi connectivity index (χ0n) is 9.46. The number of benzene rings is 1. The summed E-state index contributed by atoms with van der Waals surface area (Å²) < 4.78 is 5.11. The van der Waals surface area contributed by atoms with Crippen LogP contribution in [-0.4, -0.2) is 16.0 Å². The van der Waals surface area contributed by atoms with Crippen molar-refractivity contribution in [3.8, 4) is 11.1 Å². The van der Waals surface area contributed by atoms with E-state index in [4.69, 9.17) is 4.42 Å². The summed E-state index contributed by atoms with van der Waals surface area (Å²) in [6.07, 6.45) is 3.12. The Morgan fingerprint density at radius 3 is 2.67 bits per heavy atom. The van der Waals surface area contributed by atoms with E-state index in [0.717, 1.165) is 11.1 Å². The number of furan rings is 1. The fourth-order valence-electron chi connectivity index (χ4n) is 1.83. The van der Waals surface area contributed by atoms with Gasteiger partial charge in [-0.15, -0.1) is 0 Å². The van der Waals surface area contributed by atoms with E-state index in [1.54, 1.807) is 18.3 Å². The Kier molecular flexibility index (Phi) is 2.53. The number of carbonyl (C=O) groups excluding carboxylic acids is 1. The van der Waals surface area contributed by atoms with Gasteiger partial charge in [-0.25, -0.2) is 0 Å². The number of carbonyl (C=O) groups is 1. The van der Waals surface area contributed by atoms with Crippen molar-refractivity contribution in [3.63, 3.8) is 0 Å². The van der Waals surface area contributed by atoms with Crippen LogP contribution in [-0.2, 0) is 0 Å². The van der Waals surface area contributed by atoms with Crippen LogP contribution < -0.4 is 0 Å². The first kappa shape index (κ1) is 10.5. The number of nitrogens with one attached hydrogen (secondary N) is 1. The van der Waals surface area contributed by atoms with Crippen LogP contribution in [0.3, 0.4) is 0 Å². The third-order valence-corrected chi connectivity index (χ3v) is 2.70. The number of H-pyrrole nitrogens is 1. The highest BCUT2D eigenvalue weighted by Gasteiger charge is 2.18. The van der Waals surface area contributed by atoms with Crippen LogP contribution >= 0.6 is 0 Å². The van der Waals surface area contributed by atoms with E-state index in [9.17, 15) is 4.79 Å². The highest BCUT2D eigenvalue weighted by molar-refractivity contribution is 6.09. The minimum absolute atomic E-state index is 0.198. The van der Waals surface area contributed by atoms with Crippen LogP contribution in [0.25, 0.3) is 11.1 Å². The molecule has 0 radical (unpaired) electrons. The second-order valence-electron chi connectivity index (χ2n) is 3.83. The SMILES string of the molecule is O=C(c1ccco1)c1[nH]ncc1-c1ccccc1. The van der Waals surface area contributed by atoms with Crippen LogP contribution in [0.2, 0.25) is 0 Å². The van der Waals surface area contributed by atoms with E-state index < -0.39 is 0 Å². The molecule has 0 saturated carbocycles. The zero-order valence-corrected chi connectivity index (χ0v) is 9.46. The topological polar surface area (TPSA) is 58.9 Å². The fourth-order valence-corrected chi connectivity index (χ4v) is 1.83. The molecule has 0 atom stereocenters. The van der Waals surface area contributed by atoms with Gasteiger partial charge in [0, 0.05) is 5.56 Å². The first-order valence-corrected chi connectivity index (χ1v) is 5.53. The summed E-state index contributed by atoms with van der Waals surface area (Å²) in [5, 5.41) is 6.67. The highest BCUT2D eigenvalue weighted by atomic mass is 16.3. The van der Waals surface area contributed by atoms with Crippen molar-refractivity contribution in [1.29, 1.82) is 0 Å². The highest BCUT2D eigenvalue weighted by Crippen LogP contribution is 2.23. The Bertz CT molecular complexity index is 654. The molecule has 0 unspecified atom stereocenters. The van der Waals surface area contributed by atoms with Crippen molar-refractivity contribution >= 4 is 5.78 Å². The monoisotopic (exact) mass is 238 g/mol. The first-order valence-electron chi connectivity index (χ1n) is 5.53. The van der Waals surface area contributed by atoms with E-state index in [2.05, 4.69) is 10.2 Å². The molecule has 0 aliphatic rings. The Morgan fingerprint density at radius 2 is 1.94 bits per heavy atom. The van der Waals surface area contributed by atoms with Crippen molar-refractivity contribution in [3.05, 3.63) is 66.4 Å². The molecule has 2 heterocycles. The zero-order chi connectivity index (χ0) is 12.4. The smallest absolute Gasteiger partial charge is 0.246 e. The summed E-state index contributed by atoms with van der Waals surface area (Å²) in [5.41, 5.74) is 2.16. The van der Waals surface area contributed by atoms with Gasteiger partial charge in [0.15, 0.2) is 5.76 Å². The maximum Gasteiger partial charge on any atom is 0.246 e. The number of hydrogen-bond acceptors (Lipinski definition) is 3. The molecule has 4 heteroatoms. The van der Waals surface area contributed by atoms with Crippen molar-refractivity contribution in [2.45, 2.75) is 0 Å². The lowest BCUT2D eigenvalue weighted by molar-refractivity contribution is 0.100. The maximum atomic E-state index is 12.2. The van der Waals surface area contributed by atoms with E-state index in [1.165, 1.54) is 6.26 Å². The number of ketones is 1. The molecule has 0 aliphatic carbocycles. The van der Waals surface area contributed by atoms with E-state index in [1.807, 2.05) is 30.3 Å². The molecule has 4 nitrogen and oxygen atoms in total. The number of aromatic amines is 1. The third kappa shape index (κ3) is 1.73. The van der Waals surface area contributed by atoms with Crippen LogP contribution in [0.1, 0.15) is 16.2 Å². The molecule has 2 aromatic heterocycles. The van der Waals surface area contributed by atoms with Gasteiger partial charge in [-0.05, 0) is 17.7 Å². The molecule has 1 aromatic carbocycles. The number of hydrogen-bond donors (Lipinski definition) is 1. The van der Waals surface area contributed by atoms with Gasteiger partial charge < -0.3 is 4.42 Å². The Morgan fingerprint density at radius 1 is 1.11 bits per heavy atom. The molecule has 0 amide bonds. The van der Waals surface area contributed by atoms with Gasteiger partial charge in [-0.3, -0.25) is 9.89 Å². The van der Waals surface area contributed by atoms with Crippen LogP contribution in [0, 0.1) is 0 Å². The number of rotatable bonds is 3. The number of nitrogens with zero attached hydrogens (tertiary/aromatic N) is 1. The van der Waals surface area contributed by atoms with Gasteiger partial charge in [0.2, 0.25) is 5.78 Å². The predicted octanol–water partition coefficient (Wildman–Crippen LogP) is 2.90. The normalized spacial score (nSPS) is 10.4. The summed E-state index contributed by atoms with van der Waals surface area (Å²) in [5.74, 6) is 0.104. The average Bonchev–Trinajstić information content (AvgIpc) is 3.10. The molecule has 0 bridgehead atoms. The van der Waals surface area contributed by atoms with E-state index >= 15 is 0 Å². The van der Waals surface area contributed by atoms with Crippen LogP contribution in [0.4, 0.5) is 0 Å². The molecule has 3 rings (SSSR count). The van der Waals surface area contributed by atoms with Gasteiger partial charge >= 0.3 is 0 Å². The molecule has 18 heavy (non-hydrogen) atoms. The summed E-state index contributed by atoms with van der Waals surface area (Å²) in [7, 11) is 0. The van der Waals surface area contributed by atoms with E-state index in [0.29, 0.717) is 11.5 Å².